The summed E-state index contributed by atoms with van der Waals surface area (Å²) >= 11 is 0. The fourth-order valence-electron chi connectivity index (χ4n) is 7.85. The number of carbonyl (C=O) groups excluding carboxylic acids is 1. The molecular weight excluding hydrogens is 770 g/mol. The van der Waals surface area contributed by atoms with Crippen molar-refractivity contribution in [2.75, 3.05) is 54.1 Å². The van der Waals surface area contributed by atoms with Crippen LogP contribution in [0.3, 0.4) is 0 Å². The van der Waals surface area contributed by atoms with Crippen LogP contribution in [0.5, 0.6) is 0 Å². The number of unbranched alkanes of at least 4 members (excludes halogenated alkanes) is 36. The minimum Gasteiger partial charge on any atom is -0.457 e. The first-order valence-corrected chi connectivity index (χ1v) is 27.8. The molecular formula is C51H105NO7P+. The number of nitrogens with zero attached hydrogens (tertiary/aromatic N) is 1. The summed E-state index contributed by atoms with van der Waals surface area (Å²) in [6, 6.07) is 0. The number of rotatable bonds is 50. The number of esters is 1. The van der Waals surface area contributed by atoms with E-state index in [0.29, 0.717) is 24.1 Å². The summed E-state index contributed by atoms with van der Waals surface area (Å²) in [5.74, 6) is -0.304. The Balaban J connectivity index is 4.07. The smallest absolute Gasteiger partial charge is 0.457 e. The third-order valence-electron chi connectivity index (χ3n) is 11.9. The summed E-state index contributed by atoms with van der Waals surface area (Å²) in [5, 5.41) is 0. The molecule has 0 aromatic carbocycles. The van der Waals surface area contributed by atoms with Crippen LogP contribution in [0.25, 0.3) is 0 Å². The predicted molar refractivity (Wildman–Crippen MR) is 257 cm³/mol. The molecule has 9 heteroatoms. The number of phosphoric acid groups is 1. The summed E-state index contributed by atoms with van der Waals surface area (Å²) < 4.78 is 35.2. The highest BCUT2D eigenvalue weighted by Crippen LogP contribution is 2.43. The SMILES string of the molecule is CCCCCCCCCCCCCCCCCCCCCCC(=O)O[C@H](COCCCCCCCCCCCCCCCCCCCC)COP(=O)(O)OCC[N+](C)(C)C. The van der Waals surface area contributed by atoms with Crippen molar-refractivity contribution in [3.63, 3.8) is 0 Å². The lowest BCUT2D eigenvalue weighted by Crippen LogP contribution is -2.37. The van der Waals surface area contributed by atoms with E-state index in [2.05, 4.69) is 13.8 Å². The molecule has 0 saturated heterocycles. The number of quaternary nitrogens is 1. The van der Waals surface area contributed by atoms with Crippen LogP contribution in [-0.4, -0.2) is 75.6 Å². The number of carbonyl (C=O) groups is 1. The van der Waals surface area contributed by atoms with Crippen molar-refractivity contribution in [2.45, 2.75) is 270 Å². The quantitative estimate of drug-likeness (QED) is 0.0282. The van der Waals surface area contributed by atoms with Crippen LogP contribution in [0.1, 0.15) is 264 Å². The molecule has 0 aliphatic rings. The highest BCUT2D eigenvalue weighted by molar-refractivity contribution is 7.47. The molecule has 0 amide bonds. The van der Waals surface area contributed by atoms with Crippen molar-refractivity contribution in [1.82, 2.24) is 0 Å². The highest BCUT2D eigenvalue weighted by atomic mass is 31.2. The lowest BCUT2D eigenvalue weighted by atomic mass is 10.0. The van der Waals surface area contributed by atoms with Gasteiger partial charge < -0.3 is 18.9 Å². The van der Waals surface area contributed by atoms with Gasteiger partial charge in [-0.05, 0) is 12.8 Å². The van der Waals surface area contributed by atoms with Crippen LogP contribution in [0.4, 0.5) is 0 Å². The van der Waals surface area contributed by atoms with Crippen LogP contribution in [0, 0.1) is 0 Å². The first-order valence-electron chi connectivity index (χ1n) is 26.3. The van der Waals surface area contributed by atoms with Gasteiger partial charge in [-0.25, -0.2) is 4.57 Å². The van der Waals surface area contributed by atoms with Crippen molar-refractivity contribution < 1.29 is 37.3 Å². The summed E-state index contributed by atoms with van der Waals surface area (Å²) in [5.41, 5.74) is 0. The standard InChI is InChI=1S/C51H104NO7P/c1-6-8-10-12-14-16-18-20-22-24-26-27-28-30-32-34-36-38-40-42-44-51(53)59-50(49-58-60(54,55)57-47-45-52(3,4)5)48-56-46-43-41-39-37-35-33-31-29-25-23-21-19-17-15-13-11-9-7-2/h50H,6-49H2,1-5H3/p+1/t50-/m1/s1. The van der Waals surface area contributed by atoms with E-state index >= 15 is 0 Å². The third-order valence-corrected chi connectivity index (χ3v) is 12.9. The molecule has 0 aliphatic heterocycles. The van der Waals surface area contributed by atoms with Gasteiger partial charge in [0.05, 0.1) is 34.4 Å². The summed E-state index contributed by atoms with van der Waals surface area (Å²) in [7, 11) is 1.69. The second kappa shape index (κ2) is 45.1. The van der Waals surface area contributed by atoms with Crippen LogP contribution in [0.15, 0.2) is 0 Å². The molecule has 1 unspecified atom stereocenters. The van der Waals surface area contributed by atoms with Gasteiger partial charge in [0.2, 0.25) is 0 Å². The molecule has 1 N–H and O–H groups in total. The minimum absolute atomic E-state index is 0.0943. The van der Waals surface area contributed by atoms with Gasteiger partial charge in [0.25, 0.3) is 0 Å². The van der Waals surface area contributed by atoms with Crippen molar-refractivity contribution in [1.29, 1.82) is 0 Å². The zero-order chi connectivity index (χ0) is 44.1. The Morgan fingerprint density at radius 3 is 1.10 bits per heavy atom. The molecule has 0 aliphatic carbocycles. The van der Waals surface area contributed by atoms with Gasteiger partial charge in [-0.3, -0.25) is 13.8 Å². The molecule has 0 aromatic heterocycles. The first kappa shape index (κ1) is 59.5. The monoisotopic (exact) mass is 875 g/mol. The lowest BCUT2D eigenvalue weighted by Gasteiger charge is -2.24. The maximum Gasteiger partial charge on any atom is 0.472 e. The van der Waals surface area contributed by atoms with Crippen molar-refractivity contribution >= 4 is 13.8 Å². The maximum atomic E-state index is 12.8. The summed E-state index contributed by atoms with van der Waals surface area (Å²) in [6.07, 6.45) is 50.0. The highest BCUT2D eigenvalue weighted by Gasteiger charge is 2.26. The van der Waals surface area contributed by atoms with E-state index in [4.69, 9.17) is 18.5 Å². The van der Waals surface area contributed by atoms with Gasteiger partial charge in [-0.2, -0.15) is 0 Å². The van der Waals surface area contributed by atoms with Gasteiger partial charge in [-0.15, -0.1) is 0 Å². The van der Waals surface area contributed by atoms with Gasteiger partial charge >= 0.3 is 13.8 Å². The maximum absolute atomic E-state index is 12.8. The molecule has 360 valence electrons. The second-order valence-corrected chi connectivity index (χ2v) is 20.7. The molecule has 2 atom stereocenters. The lowest BCUT2D eigenvalue weighted by molar-refractivity contribution is -0.870. The van der Waals surface area contributed by atoms with Crippen LogP contribution < -0.4 is 0 Å². The fourth-order valence-corrected chi connectivity index (χ4v) is 8.59. The van der Waals surface area contributed by atoms with Gasteiger partial charge in [0.15, 0.2) is 0 Å². The summed E-state index contributed by atoms with van der Waals surface area (Å²) in [4.78, 5) is 23.0. The molecule has 0 radical (unpaired) electrons. The number of likely N-dealkylation sites (N-methyl/N-ethyl adjacent to an activating group) is 1. The minimum atomic E-state index is -4.27. The molecule has 60 heavy (non-hydrogen) atoms. The second-order valence-electron chi connectivity index (χ2n) is 19.3. The van der Waals surface area contributed by atoms with E-state index in [-0.39, 0.29) is 25.8 Å². The molecule has 0 heterocycles. The molecule has 0 spiro atoms. The van der Waals surface area contributed by atoms with E-state index in [1.54, 1.807) is 0 Å². The van der Waals surface area contributed by atoms with Crippen LogP contribution in [-0.2, 0) is 27.9 Å². The van der Waals surface area contributed by atoms with E-state index in [1.807, 2.05) is 21.1 Å². The Morgan fingerprint density at radius 2 is 0.767 bits per heavy atom. The van der Waals surface area contributed by atoms with Crippen molar-refractivity contribution in [3.05, 3.63) is 0 Å². The Kier molecular flexibility index (Phi) is 44.7. The average molecular weight is 875 g/mol. The van der Waals surface area contributed by atoms with Crippen molar-refractivity contribution in [3.8, 4) is 0 Å². The fraction of sp³-hybridized carbons (Fsp3) is 0.980. The largest absolute Gasteiger partial charge is 0.472 e. The van der Waals surface area contributed by atoms with E-state index in [9.17, 15) is 14.3 Å². The zero-order valence-electron chi connectivity index (χ0n) is 41.0. The topological polar surface area (TPSA) is 91.3 Å². The Labute approximate surface area is 374 Å². The Morgan fingerprint density at radius 1 is 0.450 bits per heavy atom. The molecule has 0 bridgehead atoms. The van der Waals surface area contributed by atoms with E-state index in [0.717, 1.165) is 32.1 Å². The molecule has 0 rings (SSSR count). The number of hydrogen-bond donors (Lipinski definition) is 1. The van der Waals surface area contributed by atoms with E-state index in [1.165, 1.54) is 212 Å². The average Bonchev–Trinajstić information content (AvgIpc) is 3.20. The number of hydrogen-bond acceptors (Lipinski definition) is 6. The van der Waals surface area contributed by atoms with Crippen LogP contribution in [0.2, 0.25) is 0 Å². The zero-order valence-corrected chi connectivity index (χ0v) is 41.9. The molecule has 0 aromatic rings. The van der Waals surface area contributed by atoms with Crippen LogP contribution >= 0.6 is 7.82 Å². The third kappa shape index (κ3) is 48.5. The van der Waals surface area contributed by atoms with Gasteiger partial charge in [0, 0.05) is 13.0 Å². The van der Waals surface area contributed by atoms with Gasteiger partial charge in [-0.1, -0.05) is 245 Å². The molecule has 0 saturated carbocycles. The Hall–Kier alpha value is -0.500. The van der Waals surface area contributed by atoms with Gasteiger partial charge in [0.1, 0.15) is 19.3 Å². The molecule has 0 fully saturated rings. The van der Waals surface area contributed by atoms with Crippen molar-refractivity contribution in [2.24, 2.45) is 0 Å². The predicted octanol–water partition coefficient (Wildman–Crippen LogP) is 16.0. The molecule has 8 nitrogen and oxygen atoms in total. The summed E-state index contributed by atoms with van der Waals surface area (Å²) in [6.45, 7) is 5.71. The number of phosphoric ester groups is 1. The Bertz CT molecular complexity index is 930. The number of ether oxygens (including phenoxy) is 2. The normalized spacial score (nSPS) is 13.5. The van der Waals surface area contributed by atoms with E-state index < -0.39 is 13.9 Å². The first-order chi connectivity index (χ1) is 29.1.